The Kier molecular flexibility index (Phi) is 4.71. The molecule has 1 aromatic heterocycles. The highest BCUT2D eigenvalue weighted by Gasteiger charge is 2.03. The lowest BCUT2D eigenvalue weighted by molar-refractivity contribution is 0.345. The third kappa shape index (κ3) is 3.64. The van der Waals surface area contributed by atoms with Crippen LogP contribution in [-0.4, -0.2) is 23.5 Å². The summed E-state index contributed by atoms with van der Waals surface area (Å²) in [5, 5.41) is 4.42. The molecule has 4 heteroatoms. The van der Waals surface area contributed by atoms with Crippen LogP contribution in [0.4, 0.5) is 5.13 Å². The number of para-hydroxylation sites is 1. The van der Waals surface area contributed by atoms with Crippen molar-refractivity contribution in [2.45, 2.75) is 20.0 Å². The van der Waals surface area contributed by atoms with Crippen LogP contribution in [-0.2, 0) is 13.1 Å². The molecule has 1 N–H and O–H groups in total. The summed E-state index contributed by atoms with van der Waals surface area (Å²) in [6.07, 6.45) is 0. The van der Waals surface area contributed by atoms with E-state index in [9.17, 15) is 0 Å². The van der Waals surface area contributed by atoms with Crippen molar-refractivity contribution in [1.82, 2.24) is 9.88 Å². The summed E-state index contributed by atoms with van der Waals surface area (Å²) in [4.78, 5) is 6.92. The van der Waals surface area contributed by atoms with Crippen molar-refractivity contribution < 1.29 is 0 Å². The Balaban J connectivity index is 1.66. The van der Waals surface area contributed by atoms with Gasteiger partial charge >= 0.3 is 0 Å². The number of anilines is 1. The number of hydrogen-bond acceptors (Lipinski definition) is 4. The first-order valence-corrected chi connectivity index (χ1v) is 8.42. The van der Waals surface area contributed by atoms with E-state index in [1.54, 1.807) is 11.3 Å². The zero-order valence-corrected chi connectivity index (χ0v) is 13.9. The predicted molar refractivity (Wildman–Crippen MR) is 95.4 cm³/mol. The van der Waals surface area contributed by atoms with E-state index < -0.39 is 0 Å². The number of thiazole rings is 1. The maximum atomic E-state index is 4.61. The Labute approximate surface area is 135 Å². The van der Waals surface area contributed by atoms with E-state index in [0.29, 0.717) is 0 Å². The SMILES string of the molecule is CCN(C)Cc1cccc(CNc2nc3ccccc3s2)c1. The molecule has 0 saturated carbocycles. The minimum Gasteiger partial charge on any atom is -0.357 e. The van der Waals surface area contributed by atoms with E-state index >= 15 is 0 Å². The van der Waals surface area contributed by atoms with Crippen molar-refractivity contribution >= 4 is 26.7 Å². The number of fused-ring (bicyclic) bond motifs is 1. The normalized spacial score (nSPS) is 11.2. The molecule has 3 nitrogen and oxygen atoms in total. The summed E-state index contributed by atoms with van der Waals surface area (Å²) in [7, 11) is 2.14. The van der Waals surface area contributed by atoms with Crippen LogP contribution >= 0.6 is 11.3 Å². The van der Waals surface area contributed by atoms with Crippen LogP contribution in [0.25, 0.3) is 10.2 Å². The Morgan fingerprint density at radius 2 is 1.91 bits per heavy atom. The van der Waals surface area contributed by atoms with Crippen molar-refractivity contribution in [2.24, 2.45) is 0 Å². The molecule has 22 heavy (non-hydrogen) atoms. The zero-order valence-electron chi connectivity index (χ0n) is 13.0. The summed E-state index contributed by atoms with van der Waals surface area (Å²) < 4.78 is 1.23. The molecule has 1 heterocycles. The van der Waals surface area contributed by atoms with Gasteiger partial charge in [0.1, 0.15) is 0 Å². The summed E-state index contributed by atoms with van der Waals surface area (Å²) in [6.45, 7) is 5.04. The number of rotatable bonds is 6. The number of hydrogen-bond donors (Lipinski definition) is 1. The van der Waals surface area contributed by atoms with Gasteiger partial charge in [0.25, 0.3) is 0 Å². The largest absolute Gasteiger partial charge is 0.357 e. The highest BCUT2D eigenvalue weighted by atomic mass is 32.1. The van der Waals surface area contributed by atoms with Gasteiger partial charge < -0.3 is 10.2 Å². The molecular formula is C18H21N3S. The van der Waals surface area contributed by atoms with E-state index in [1.165, 1.54) is 15.8 Å². The maximum Gasteiger partial charge on any atom is 0.184 e. The van der Waals surface area contributed by atoms with Crippen LogP contribution in [0.5, 0.6) is 0 Å². The topological polar surface area (TPSA) is 28.2 Å². The van der Waals surface area contributed by atoms with Gasteiger partial charge in [-0.2, -0.15) is 0 Å². The molecule has 0 atom stereocenters. The molecule has 0 radical (unpaired) electrons. The summed E-state index contributed by atoms with van der Waals surface area (Å²) in [5.41, 5.74) is 3.71. The van der Waals surface area contributed by atoms with E-state index in [0.717, 1.165) is 30.3 Å². The number of benzene rings is 2. The van der Waals surface area contributed by atoms with Gasteiger partial charge in [-0.15, -0.1) is 0 Å². The summed E-state index contributed by atoms with van der Waals surface area (Å²) >= 11 is 1.70. The van der Waals surface area contributed by atoms with Gasteiger partial charge in [-0.25, -0.2) is 4.98 Å². The minimum atomic E-state index is 0.809. The Bertz CT molecular complexity index is 718. The molecule has 0 aliphatic rings. The maximum absolute atomic E-state index is 4.61. The van der Waals surface area contributed by atoms with Crippen molar-refractivity contribution in [2.75, 3.05) is 18.9 Å². The molecule has 0 aliphatic carbocycles. The number of nitrogens with zero attached hydrogens (tertiary/aromatic N) is 2. The first kappa shape index (κ1) is 15.0. The van der Waals surface area contributed by atoms with Crippen molar-refractivity contribution in [3.8, 4) is 0 Å². The third-order valence-electron chi connectivity index (χ3n) is 3.72. The monoisotopic (exact) mass is 311 g/mol. The highest BCUT2D eigenvalue weighted by Crippen LogP contribution is 2.25. The molecular weight excluding hydrogens is 290 g/mol. The lowest BCUT2D eigenvalue weighted by Gasteiger charge is -2.14. The van der Waals surface area contributed by atoms with Gasteiger partial charge in [0.15, 0.2) is 5.13 Å². The Hall–Kier alpha value is -1.91. The van der Waals surface area contributed by atoms with E-state index in [2.05, 4.69) is 71.6 Å². The first-order valence-electron chi connectivity index (χ1n) is 7.60. The van der Waals surface area contributed by atoms with Gasteiger partial charge in [-0.05, 0) is 36.9 Å². The standard InChI is InChI=1S/C18H21N3S/c1-3-21(2)13-15-8-6-7-14(11-15)12-19-18-20-16-9-4-5-10-17(16)22-18/h4-11H,3,12-13H2,1-2H3,(H,19,20). The summed E-state index contributed by atoms with van der Waals surface area (Å²) in [5.74, 6) is 0. The highest BCUT2D eigenvalue weighted by molar-refractivity contribution is 7.22. The van der Waals surface area contributed by atoms with Gasteiger partial charge in [-0.1, -0.05) is 54.7 Å². The lowest BCUT2D eigenvalue weighted by Crippen LogP contribution is -2.16. The molecule has 0 saturated heterocycles. The van der Waals surface area contributed by atoms with Crippen LogP contribution in [0.1, 0.15) is 18.1 Å². The van der Waals surface area contributed by atoms with E-state index in [1.807, 2.05) is 6.07 Å². The average molecular weight is 311 g/mol. The molecule has 0 aliphatic heterocycles. The zero-order chi connectivity index (χ0) is 15.4. The van der Waals surface area contributed by atoms with Crippen molar-refractivity contribution in [3.63, 3.8) is 0 Å². The van der Waals surface area contributed by atoms with Crippen LogP contribution in [0.2, 0.25) is 0 Å². The minimum absolute atomic E-state index is 0.809. The second-order valence-electron chi connectivity index (χ2n) is 5.49. The smallest absolute Gasteiger partial charge is 0.184 e. The number of nitrogens with one attached hydrogen (secondary N) is 1. The molecule has 0 amide bonds. The molecule has 0 fully saturated rings. The fourth-order valence-electron chi connectivity index (χ4n) is 2.39. The second kappa shape index (κ2) is 6.90. The molecule has 0 bridgehead atoms. The van der Waals surface area contributed by atoms with Gasteiger partial charge in [0.05, 0.1) is 10.2 Å². The van der Waals surface area contributed by atoms with Crippen LogP contribution in [0.3, 0.4) is 0 Å². The van der Waals surface area contributed by atoms with Gasteiger partial charge in [-0.3, -0.25) is 0 Å². The quantitative estimate of drug-likeness (QED) is 0.733. The van der Waals surface area contributed by atoms with Crippen molar-refractivity contribution in [3.05, 3.63) is 59.7 Å². The second-order valence-corrected chi connectivity index (χ2v) is 6.52. The van der Waals surface area contributed by atoms with E-state index in [-0.39, 0.29) is 0 Å². The predicted octanol–water partition coefficient (Wildman–Crippen LogP) is 4.36. The van der Waals surface area contributed by atoms with Gasteiger partial charge in [0.2, 0.25) is 0 Å². The van der Waals surface area contributed by atoms with Crippen LogP contribution in [0, 0.1) is 0 Å². The molecule has 3 aromatic rings. The summed E-state index contributed by atoms with van der Waals surface area (Å²) in [6, 6.07) is 17.0. The lowest BCUT2D eigenvalue weighted by atomic mass is 10.1. The van der Waals surface area contributed by atoms with Crippen LogP contribution in [0.15, 0.2) is 48.5 Å². The first-order chi connectivity index (χ1) is 10.7. The average Bonchev–Trinajstić information content (AvgIpc) is 2.96. The Morgan fingerprint density at radius 3 is 2.73 bits per heavy atom. The number of aromatic nitrogens is 1. The van der Waals surface area contributed by atoms with Gasteiger partial charge in [0, 0.05) is 13.1 Å². The fraction of sp³-hybridized carbons (Fsp3) is 0.278. The van der Waals surface area contributed by atoms with E-state index in [4.69, 9.17) is 0 Å². The molecule has 0 unspecified atom stereocenters. The molecule has 0 spiro atoms. The third-order valence-corrected chi connectivity index (χ3v) is 4.72. The molecule has 2 aromatic carbocycles. The van der Waals surface area contributed by atoms with Crippen LogP contribution < -0.4 is 5.32 Å². The van der Waals surface area contributed by atoms with Crippen molar-refractivity contribution in [1.29, 1.82) is 0 Å². The fourth-order valence-corrected chi connectivity index (χ4v) is 3.25. The molecule has 3 rings (SSSR count). The Morgan fingerprint density at radius 1 is 1.09 bits per heavy atom. The molecule has 114 valence electrons.